The van der Waals surface area contributed by atoms with Gasteiger partial charge in [0.2, 0.25) is 5.91 Å². The van der Waals surface area contributed by atoms with Crippen molar-refractivity contribution in [2.24, 2.45) is 0 Å². The van der Waals surface area contributed by atoms with Gasteiger partial charge in [-0.1, -0.05) is 18.2 Å². The van der Waals surface area contributed by atoms with Crippen LogP contribution in [-0.4, -0.2) is 24.9 Å². The Hall–Kier alpha value is -1.68. The Balaban J connectivity index is 2.31. The van der Waals surface area contributed by atoms with Crippen molar-refractivity contribution in [3.05, 3.63) is 30.3 Å². The van der Waals surface area contributed by atoms with Crippen LogP contribution in [0.1, 0.15) is 6.42 Å². The van der Waals surface area contributed by atoms with Crippen LogP contribution >= 0.6 is 0 Å². The first-order valence-corrected chi connectivity index (χ1v) is 4.83. The lowest BCUT2D eigenvalue weighted by Crippen LogP contribution is -2.37. The van der Waals surface area contributed by atoms with Crippen LogP contribution in [0.2, 0.25) is 0 Å². The molecule has 2 rings (SSSR count). The van der Waals surface area contributed by atoms with Crippen LogP contribution in [0, 0.1) is 0 Å². The highest BCUT2D eigenvalue weighted by Gasteiger charge is 2.38. The lowest BCUT2D eigenvalue weighted by molar-refractivity contribution is -0.121. The molecular weight excluding hydrogens is 192 g/mol. The summed E-state index contributed by atoms with van der Waals surface area (Å²) in [6.07, 6.45) is 0.240. The largest absolute Gasteiger partial charge is 0.308 e. The standard InChI is InChI=1S/C11H12N2O2/c1-12-9-7-10(14)13(11(9)15)8-5-3-2-4-6-8/h2-6,9,12H,7H2,1H3. The number of carbonyl (C=O) groups excluding carboxylic acids is 2. The minimum absolute atomic E-state index is 0.148. The number of nitrogens with one attached hydrogen (secondary N) is 1. The van der Waals surface area contributed by atoms with Crippen LogP contribution in [0.5, 0.6) is 0 Å². The van der Waals surface area contributed by atoms with Crippen LogP contribution in [0.4, 0.5) is 5.69 Å². The van der Waals surface area contributed by atoms with Crippen LogP contribution in [-0.2, 0) is 9.59 Å². The lowest BCUT2D eigenvalue weighted by Gasteiger charge is -2.14. The number of rotatable bonds is 2. The molecule has 2 amide bonds. The summed E-state index contributed by atoms with van der Waals surface area (Å²) in [5, 5.41) is 2.83. The molecule has 78 valence electrons. The fourth-order valence-electron chi connectivity index (χ4n) is 1.71. The van der Waals surface area contributed by atoms with Crippen molar-refractivity contribution < 1.29 is 9.59 Å². The Bertz CT molecular complexity index is 389. The van der Waals surface area contributed by atoms with Crippen LogP contribution in [0.15, 0.2) is 30.3 Å². The second kappa shape index (κ2) is 3.82. The zero-order valence-electron chi connectivity index (χ0n) is 8.43. The highest BCUT2D eigenvalue weighted by atomic mass is 16.2. The van der Waals surface area contributed by atoms with E-state index in [1.807, 2.05) is 18.2 Å². The molecule has 0 aromatic heterocycles. The van der Waals surface area contributed by atoms with Gasteiger partial charge in [0.05, 0.1) is 18.2 Å². The quantitative estimate of drug-likeness (QED) is 0.715. The maximum atomic E-state index is 11.8. The van der Waals surface area contributed by atoms with Gasteiger partial charge in [-0.15, -0.1) is 0 Å². The van der Waals surface area contributed by atoms with Crippen molar-refractivity contribution in [1.82, 2.24) is 5.32 Å². The first kappa shape index (κ1) is 9.86. The Kier molecular flexibility index (Phi) is 2.51. The van der Waals surface area contributed by atoms with Crippen LogP contribution in [0.25, 0.3) is 0 Å². The van der Waals surface area contributed by atoms with E-state index in [0.29, 0.717) is 5.69 Å². The predicted molar refractivity (Wildman–Crippen MR) is 56.4 cm³/mol. The smallest absolute Gasteiger partial charge is 0.251 e. The summed E-state index contributed by atoms with van der Waals surface area (Å²) in [4.78, 5) is 24.6. The molecule has 1 saturated heterocycles. The number of hydrogen-bond acceptors (Lipinski definition) is 3. The Morgan fingerprint density at radius 3 is 2.47 bits per heavy atom. The molecule has 0 spiro atoms. The molecule has 1 heterocycles. The van der Waals surface area contributed by atoms with Crippen LogP contribution < -0.4 is 10.2 Å². The van der Waals surface area contributed by atoms with E-state index in [4.69, 9.17) is 0 Å². The number of carbonyl (C=O) groups is 2. The Morgan fingerprint density at radius 1 is 1.27 bits per heavy atom. The summed E-state index contributed by atoms with van der Waals surface area (Å²) in [6, 6.07) is 8.61. The summed E-state index contributed by atoms with van der Waals surface area (Å²) >= 11 is 0. The van der Waals surface area contributed by atoms with Gasteiger partial charge in [-0.2, -0.15) is 0 Å². The first-order valence-electron chi connectivity index (χ1n) is 4.83. The molecule has 0 radical (unpaired) electrons. The van der Waals surface area contributed by atoms with Gasteiger partial charge < -0.3 is 5.32 Å². The van der Waals surface area contributed by atoms with Gasteiger partial charge in [-0.25, -0.2) is 4.90 Å². The SMILES string of the molecule is CNC1CC(=O)N(c2ccccc2)C1=O. The number of likely N-dealkylation sites (N-methyl/N-ethyl adjacent to an activating group) is 1. The van der Waals surface area contributed by atoms with Gasteiger partial charge in [-0.05, 0) is 19.2 Å². The summed E-state index contributed by atoms with van der Waals surface area (Å²) in [7, 11) is 1.68. The maximum absolute atomic E-state index is 11.8. The van der Waals surface area contributed by atoms with Crippen molar-refractivity contribution >= 4 is 17.5 Å². The van der Waals surface area contributed by atoms with Crippen molar-refractivity contribution in [2.75, 3.05) is 11.9 Å². The van der Waals surface area contributed by atoms with Gasteiger partial charge in [0, 0.05) is 0 Å². The molecule has 0 aliphatic carbocycles. The highest BCUT2D eigenvalue weighted by Crippen LogP contribution is 2.21. The maximum Gasteiger partial charge on any atom is 0.251 e. The number of anilines is 1. The molecular formula is C11H12N2O2. The van der Waals surface area contributed by atoms with Gasteiger partial charge >= 0.3 is 0 Å². The zero-order chi connectivity index (χ0) is 10.8. The minimum Gasteiger partial charge on any atom is -0.308 e. The van der Waals surface area contributed by atoms with Crippen molar-refractivity contribution in [3.63, 3.8) is 0 Å². The van der Waals surface area contributed by atoms with Gasteiger partial charge in [0.1, 0.15) is 0 Å². The third-order valence-electron chi connectivity index (χ3n) is 2.51. The number of para-hydroxylation sites is 1. The average Bonchev–Trinajstić information content (AvgIpc) is 2.55. The molecule has 15 heavy (non-hydrogen) atoms. The summed E-state index contributed by atoms with van der Waals surface area (Å²) in [5.74, 6) is -0.320. The molecule has 1 fully saturated rings. The summed E-state index contributed by atoms with van der Waals surface area (Å²) in [6.45, 7) is 0. The Labute approximate surface area is 87.9 Å². The molecule has 1 aliphatic heterocycles. The molecule has 1 N–H and O–H groups in total. The molecule has 1 unspecified atom stereocenters. The monoisotopic (exact) mass is 204 g/mol. The molecule has 0 bridgehead atoms. The topological polar surface area (TPSA) is 49.4 Å². The number of imide groups is 1. The minimum atomic E-state index is -0.377. The van der Waals surface area contributed by atoms with Crippen LogP contribution in [0.3, 0.4) is 0 Å². The van der Waals surface area contributed by atoms with E-state index in [1.165, 1.54) is 4.90 Å². The number of nitrogens with zero attached hydrogens (tertiary/aromatic N) is 1. The van der Waals surface area contributed by atoms with Crippen molar-refractivity contribution in [1.29, 1.82) is 0 Å². The predicted octanol–water partition coefficient (Wildman–Crippen LogP) is 0.538. The molecule has 1 aromatic carbocycles. The molecule has 1 aliphatic rings. The van der Waals surface area contributed by atoms with Gasteiger partial charge in [0.15, 0.2) is 0 Å². The van der Waals surface area contributed by atoms with E-state index in [-0.39, 0.29) is 24.3 Å². The van der Waals surface area contributed by atoms with Gasteiger partial charge in [0.25, 0.3) is 5.91 Å². The number of amides is 2. The third-order valence-corrected chi connectivity index (χ3v) is 2.51. The number of benzene rings is 1. The number of hydrogen-bond donors (Lipinski definition) is 1. The fraction of sp³-hybridized carbons (Fsp3) is 0.273. The molecule has 1 aromatic rings. The van der Waals surface area contributed by atoms with E-state index in [0.717, 1.165) is 0 Å². The van der Waals surface area contributed by atoms with E-state index in [9.17, 15) is 9.59 Å². The van der Waals surface area contributed by atoms with Crippen molar-refractivity contribution in [2.45, 2.75) is 12.5 Å². The van der Waals surface area contributed by atoms with E-state index < -0.39 is 0 Å². The average molecular weight is 204 g/mol. The second-order valence-electron chi connectivity index (χ2n) is 3.45. The first-order chi connectivity index (χ1) is 7.24. The lowest BCUT2D eigenvalue weighted by atomic mass is 10.2. The zero-order valence-corrected chi connectivity index (χ0v) is 8.43. The molecule has 4 heteroatoms. The van der Waals surface area contributed by atoms with E-state index in [2.05, 4.69) is 5.32 Å². The van der Waals surface area contributed by atoms with Gasteiger partial charge in [-0.3, -0.25) is 9.59 Å². The molecule has 4 nitrogen and oxygen atoms in total. The summed E-state index contributed by atoms with van der Waals surface area (Å²) < 4.78 is 0. The second-order valence-corrected chi connectivity index (χ2v) is 3.45. The third kappa shape index (κ3) is 1.64. The van der Waals surface area contributed by atoms with E-state index in [1.54, 1.807) is 19.2 Å². The highest BCUT2D eigenvalue weighted by molar-refractivity contribution is 6.22. The molecule has 1 atom stereocenters. The summed E-state index contributed by atoms with van der Waals surface area (Å²) in [5.41, 5.74) is 0.644. The normalized spacial score (nSPS) is 21.1. The Morgan fingerprint density at radius 2 is 1.93 bits per heavy atom. The van der Waals surface area contributed by atoms with Crippen molar-refractivity contribution in [3.8, 4) is 0 Å². The fourth-order valence-corrected chi connectivity index (χ4v) is 1.71. The molecule has 0 saturated carbocycles. The van der Waals surface area contributed by atoms with E-state index >= 15 is 0 Å².